The van der Waals surface area contributed by atoms with Crippen LogP contribution in [0.3, 0.4) is 0 Å². The van der Waals surface area contributed by atoms with E-state index in [0.717, 1.165) is 0 Å². The van der Waals surface area contributed by atoms with Gasteiger partial charge < -0.3 is 19.3 Å². The number of hydrogen-bond acceptors (Lipinski definition) is 4. The molecule has 3 atom stereocenters. The molecule has 2 heterocycles. The molecule has 0 aromatic heterocycles. The Morgan fingerprint density at radius 3 is 2.38 bits per heavy atom. The fraction of sp³-hybridized carbons (Fsp3) is 1.00. The highest BCUT2D eigenvalue weighted by Crippen LogP contribution is 2.42. The van der Waals surface area contributed by atoms with Crippen LogP contribution in [0.15, 0.2) is 0 Å². The van der Waals surface area contributed by atoms with Gasteiger partial charge in [0.1, 0.15) is 17.8 Å². The molecule has 0 aromatic carbocycles. The van der Waals surface area contributed by atoms with Crippen molar-refractivity contribution in [3.8, 4) is 0 Å². The summed E-state index contributed by atoms with van der Waals surface area (Å²) in [6.07, 6.45) is -0.0496. The van der Waals surface area contributed by atoms with Gasteiger partial charge in [-0.1, -0.05) is 0 Å². The summed E-state index contributed by atoms with van der Waals surface area (Å²) in [6, 6.07) is 0. The van der Waals surface area contributed by atoms with Gasteiger partial charge in [0.25, 0.3) is 0 Å². The zero-order valence-electron chi connectivity index (χ0n) is 8.24. The highest BCUT2D eigenvalue weighted by Gasteiger charge is 2.59. The first-order chi connectivity index (χ1) is 5.97. The lowest BCUT2D eigenvalue weighted by Crippen LogP contribution is -2.29. The normalized spacial score (nSPS) is 48.0. The van der Waals surface area contributed by atoms with Crippen LogP contribution in [0.5, 0.6) is 0 Å². The molecule has 2 aliphatic heterocycles. The second-order valence-corrected chi connectivity index (χ2v) is 4.38. The van der Waals surface area contributed by atoms with E-state index in [1.54, 1.807) is 0 Å². The highest BCUT2D eigenvalue weighted by atomic mass is 16.8. The summed E-state index contributed by atoms with van der Waals surface area (Å²) >= 11 is 0. The molecule has 2 rings (SSSR count). The molecular weight excluding hydrogens is 172 g/mol. The van der Waals surface area contributed by atoms with Gasteiger partial charge in [-0.2, -0.15) is 0 Å². The second kappa shape index (κ2) is 2.67. The van der Waals surface area contributed by atoms with E-state index in [-0.39, 0.29) is 18.8 Å². The van der Waals surface area contributed by atoms with Crippen molar-refractivity contribution < 1.29 is 19.3 Å². The highest BCUT2D eigenvalue weighted by molar-refractivity contribution is 5.04. The van der Waals surface area contributed by atoms with Crippen LogP contribution < -0.4 is 0 Å². The van der Waals surface area contributed by atoms with E-state index >= 15 is 0 Å². The van der Waals surface area contributed by atoms with Crippen LogP contribution in [0, 0.1) is 0 Å². The number of aliphatic hydroxyl groups is 1. The van der Waals surface area contributed by atoms with Gasteiger partial charge >= 0.3 is 0 Å². The van der Waals surface area contributed by atoms with E-state index in [4.69, 9.17) is 19.3 Å². The van der Waals surface area contributed by atoms with Crippen molar-refractivity contribution in [2.75, 3.05) is 13.2 Å². The Hall–Kier alpha value is -0.160. The summed E-state index contributed by atoms with van der Waals surface area (Å²) in [7, 11) is 0. The Kier molecular flexibility index (Phi) is 1.93. The lowest BCUT2D eigenvalue weighted by atomic mass is 10.1. The molecule has 0 aliphatic carbocycles. The van der Waals surface area contributed by atoms with Gasteiger partial charge in [-0.25, -0.2) is 0 Å². The van der Waals surface area contributed by atoms with Crippen LogP contribution in [0.1, 0.15) is 20.8 Å². The molecule has 76 valence electrons. The van der Waals surface area contributed by atoms with Gasteiger partial charge in [-0.3, -0.25) is 0 Å². The van der Waals surface area contributed by atoms with Gasteiger partial charge in [-0.15, -0.1) is 0 Å². The van der Waals surface area contributed by atoms with E-state index in [2.05, 4.69) is 0 Å². The molecule has 1 N–H and O–H groups in total. The molecule has 0 bridgehead atoms. The second-order valence-electron chi connectivity index (χ2n) is 4.38. The standard InChI is InChI=1S/C9H16O4/c1-8(2)11-4-6(12-8)7-9(3,5-10)13-7/h6-7,10H,4-5H2,1-3H3/t6-,7-,9+/m0/s1. The molecular formula is C9H16O4. The summed E-state index contributed by atoms with van der Waals surface area (Å²) in [5.41, 5.74) is -0.408. The molecule has 4 heteroatoms. The van der Waals surface area contributed by atoms with Gasteiger partial charge in [-0.05, 0) is 20.8 Å². The molecule has 13 heavy (non-hydrogen) atoms. The van der Waals surface area contributed by atoms with E-state index < -0.39 is 11.4 Å². The molecule has 0 radical (unpaired) electrons. The predicted molar refractivity (Wildman–Crippen MR) is 45.3 cm³/mol. The maximum atomic E-state index is 9.00. The third kappa shape index (κ3) is 1.59. The molecule has 2 aliphatic rings. The Morgan fingerprint density at radius 1 is 1.31 bits per heavy atom. The van der Waals surface area contributed by atoms with E-state index in [1.807, 2.05) is 20.8 Å². The van der Waals surface area contributed by atoms with Crippen LogP contribution in [0.4, 0.5) is 0 Å². The lowest BCUT2D eigenvalue weighted by molar-refractivity contribution is -0.140. The van der Waals surface area contributed by atoms with E-state index in [1.165, 1.54) is 0 Å². The Morgan fingerprint density at radius 2 is 2.00 bits per heavy atom. The zero-order chi connectivity index (χ0) is 9.69. The largest absolute Gasteiger partial charge is 0.393 e. The number of rotatable bonds is 2. The van der Waals surface area contributed by atoms with Crippen LogP contribution in [0.25, 0.3) is 0 Å². The van der Waals surface area contributed by atoms with Gasteiger partial charge in [0, 0.05) is 0 Å². The number of epoxide rings is 1. The zero-order valence-corrected chi connectivity index (χ0v) is 8.24. The van der Waals surface area contributed by atoms with Crippen molar-refractivity contribution in [3.63, 3.8) is 0 Å². The van der Waals surface area contributed by atoms with Crippen LogP contribution in [0.2, 0.25) is 0 Å². The van der Waals surface area contributed by atoms with Crippen molar-refractivity contribution in [1.82, 2.24) is 0 Å². The summed E-state index contributed by atoms with van der Waals surface area (Å²) < 4.78 is 16.4. The fourth-order valence-electron chi connectivity index (χ4n) is 1.72. The fourth-order valence-corrected chi connectivity index (χ4v) is 1.72. The summed E-state index contributed by atoms with van der Waals surface area (Å²) in [6.45, 7) is 6.23. The molecule has 2 fully saturated rings. The minimum absolute atomic E-state index is 0.0146. The Balaban J connectivity index is 1.93. The molecule has 0 aromatic rings. The first-order valence-electron chi connectivity index (χ1n) is 4.57. The van der Waals surface area contributed by atoms with Gasteiger partial charge in [0.15, 0.2) is 5.79 Å². The first-order valence-corrected chi connectivity index (χ1v) is 4.57. The molecule has 0 amide bonds. The third-order valence-electron chi connectivity index (χ3n) is 2.62. The third-order valence-corrected chi connectivity index (χ3v) is 2.62. The SMILES string of the molecule is CC1(C)OC[C@@H]([C@@H]2O[C@]2(C)CO)O1. The maximum absolute atomic E-state index is 9.00. The molecule has 0 saturated carbocycles. The van der Waals surface area contributed by atoms with Crippen molar-refractivity contribution in [1.29, 1.82) is 0 Å². The smallest absolute Gasteiger partial charge is 0.163 e. The van der Waals surface area contributed by atoms with E-state index in [9.17, 15) is 0 Å². The number of ether oxygens (including phenoxy) is 3. The van der Waals surface area contributed by atoms with Gasteiger partial charge in [0.2, 0.25) is 0 Å². The number of aliphatic hydroxyl groups excluding tert-OH is 1. The Labute approximate surface area is 77.8 Å². The van der Waals surface area contributed by atoms with Crippen molar-refractivity contribution in [2.45, 2.75) is 44.4 Å². The average molecular weight is 188 g/mol. The first kappa shape index (κ1) is 9.40. The quantitative estimate of drug-likeness (QED) is 0.633. The lowest BCUT2D eigenvalue weighted by Gasteiger charge is -2.16. The molecule has 4 nitrogen and oxygen atoms in total. The Bertz CT molecular complexity index is 216. The van der Waals surface area contributed by atoms with Crippen LogP contribution >= 0.6 is 0 Å². The minimum Gasteiger partial charge on any atom is -0.393 e. The average Bonchev–Trinajstić information content (AvgIpc) is 2.60. The van der Waals surface area contributed by atoms with E-state index in [0.29, 0.717) is 6.61 Å². The van der Waals surface area contributed by atoms with Crippen LogP contribution in [-0.4, -0.2) is 41.9 Å². The van der Waals surface area contributed by atoms with Crippen LogP contribution in [-0.2, 0) is 14.2 Å². The minimum atomic E-state index is -0.507. The molecule has 2 saturated heterocycles. The molecule has 0 unspecified atom stereocenters. The van der Waals surface area contributed by atoms with Crippen molar-refractivity contribution >= 4 is 0 Å². The monoisotopic (exact) mass is 188 g/mol. The topological polar surface area (TPSA) is 51.2 Å². The van der Waals surface area contributed by atoms with Crippen molar-refractivity contribution in [3.05, 3.63) is 0 Å². The summed E-state index contributed by atoms with van der Waals surface area (Å²) in [5.74, 6) is -0.507. The summed E-state index contributed by atoms with van der Waals surface area (Å²) in [5, 5.41) is 9.00. The maximum Gasteiger partial charge on any atom is 0.163 e. The molecule has 0 spiro atoms. The predicted octanol–water partition coefficient (Wildman–Crippen LogP) is 0.288. The van der Waals surface area contributed by atoms with Gasteiger partial charge in [0.05, 0.1) is 13.2 Å². The summed E-state index contributed by atoms with van der Waals surface area (Å²) in [4.78, 5) is 0. The number of hydrogen-bond donors (Lipinski definition) is 1. The van der Waals surface area contributed by atoms with Crippen molar-refractivity contribution in [2.24, 2.45) is 0 Å².